The van der Waals surface area contributed by atoms with E-state index in [1.54, 1.807) is 0 Å². The standard InChI is InChI=1S/C13H19N3O/c14-16-13(11-4-3-9-17-10-11)7-6-12-5-1-2-8-15-12/h1-2,5,8,10,13,16H,3-4,6-7,9,14H2. The van der Waals surface area contributed by atoms with Crippen molar-refractivity contribution in [2.75, 3.05) is 6.61 Å². The van der Waals surface area contributed by atoms with E-state index in [9.17, 15) is 0 Å². The molecule has 0 fully saturated rings. The minimum absolute atomic E-state index is 0.192. The predicted molar refractivity (Wildman–Crippen MR) is 66.9 cm³/mol. The van der Waals surface area contributed by atoms with Gasteiger partial charge in [0.25, 0.3) is 0 Å². The Balaban J connectivity index is 1.89. The van der Waals surface area contributed by atoms with E-state index in [1.807, 2.05) is 30.7 Å². The van der Waals surface area contributed by atoms with Gasteiger partial charge in [-0.15, -0.1) is 0 Å². The van der Waals surface area contributed by atoms with Crippen molar-refractivity contribution in [2.24, 2.45) is 5.84 Å². The van der Waals surface area contributed by atoms with Crippen LogP contribution in [0.2, 0.25) is 0 Å². The summed E-state index contributed by atoms with van der Waals surface area (Å²) < 4.78 is 5.34. The molecule has 3 N–H and O–H groups in total. The Morgan fingerprint density at radius 1 is 1.47 bits per heavy atom. The average Bonchev–Trinajstić information content (AvgIpc) is 2.42. The van der Waals surface area contributed by atoms with Crippen LogP contribution in [0, 0.1) is 0 Å². The third-order valence-corrected chi connectivity index (χ3v) is 3.03. The Morgan fingerprint density at radius 3 is 3.06 bits per heavy atom. The molecule has 0 bridgehead atoms. The van der Waals surface area contributed by atoms with Crippen molar-refractivity contribution in [1.82, 2.24) is 10.4 Å². The van der Waals surface area contributed by atoms with Crippen LogP contribution in [0.1, 0.15) is 25.0 Å². The Bertz CT molecular complexity index is 364. The summed E-state index contributed by atoms with van der Waals surface area (Å²) in [5.41, 5.74) is 5.23. The number of nitrogens with two attached hydrogens (primary N) is 1. The predicted octanol–water partition coefficient (Wildman–Crippen LogP) is 1.54. The number of rotatable bonds is 5. The first-order valence-corrected chi connectivity index (χ1v) is 6.06. The van der Waals surface area contributed by atoms with E-state index in [4.69, 9.17) is 10.6 Å². The lowest BCUT2D eigenvalue weighted by Crippen LogP contribution is -2.37. The van der Waals surface area contributed by atoms with Gasteiger partial charge in [0, 0.05) is 17.9 Å². The fourth-order valence-electron chi connectivity index (χ4n) is 2.05. The molecule has 4 heteroatoms. The fourth-order valence-corrected chi connectivity index (χ4v) is 2.05. The summed E-state index contributed by atoms with van der Waals surface area (Å²) in [6, 6.07) is 6.17. The molecule has 1 atom stereocenters. The molecule has 0 radical (unpaired) electrons. The van der Waals surface area contributed by atoms with E-state index < -0.39 is 0 Å². The van der Waals surface area contributed by atoms with Crippen LogP contribution in [0.3, 0.4) is 0 Å². The molecule has 4 nitrogen and oxygen atoms in total. The highest BCUT2D eigenvalue weighted by atomic mass is 16.5. The minimum atomic E-state index is 0.192. The van der Waals surface area contributed by atoms with Crippen molar-refractivity contribution in [1.29, 1.82) is 0 Å². The zero-order chi connectivity index (χ0) is 11.9. The molecule has 17 heavy (non-hydrogen) atoms. The number of aryl methyl sites for hydroxylation is 1. The Kier molecular flexibility index (Phi) is 4.53. The molecule has 1 aliphatic heterocycles. The molecule has 0 saturated heterocycles. The van der Waals surface area contributed by atoms with E-state index >= 15 is 0 Å². The van der Waals surface area contributed by atoms with Gasteiger partial charge in [-0.25, -0.2) is 0 Å². The van der Waals surface area contributed by atoms with E-state index in [0.717, 1.165) is 38.0 Å². The third-order valence-electron chi connectivity index (χ3n) is 3.03. The quantitative estimate of drug-likeness (QED) is 0.598. The second kappa shape index (κ2) is 6.37. The molecule has 1 aliphatic rings. The number of hydrogen-bond acceptors (Lipinski definition) is 4. The molecule has 0 amide bonds. The lowest BCUT2D eigenvalue weighted by Gasteiger charge is -2.22. The number of nitrogens with zero attached hydrogens (tertiary/aromatic N) is 1. The van der Waals surface area contributed by atoms with Gasteiger partial charge in [0.05, 0.1) is 12.9 Å². The zero-order valence-corrected chi connectivity index (χ0v) is 9.93. The molecule has 1 aromatic rings. The Labute approximate surface area is 102 Å². The van der Waals surface area contributed by atoms with Crippen molar-refractivity contribution in [3.05, 3.63) is 41.9 Å². The van der Waals surface area contributed by atoms with Crippen LogP contribution in [0.15, 0.2) is 36.2 Å². The first-order valence-electron chi connectivity index (χ1n) is 6.06. The SMILES string of the molecule is NNC(CCc1ccccn1)C1=COCCC1. The number of pyridine rings is 1. The normalized spacial score (nSPS) is 17.1. The molecular weight excluding hydrogens is 214 g/mol. The molecule has 0 saturated carbocycles. The summed E-state index contributed by atoms with van der Waals surface area (Å²) in [5.74, 6) is 5.60. The molecule has 2 rings (SSSR count). The van der Waals surface area contributed by atoms with Crippen LogP contribution in [0.4, 0.5) is 0 Å². The van der Waals surface area contributed by atoms with Crippen LogP contribution >= 0.6 is 0 Å². The summed E-state index contributed by atoms with van der Waals surface area (Å²) >= 11 is 0. The lowest BCUT2D eigenvalue weighted by molar-refractivity contribution is 0.218. The first-order chi connectivity index (χ1) is 8.40. The second-order valence-corrected chi connectivity index (χ2v) is 4.25. The van der Waals surface area contributed by atoms with E-state index in [2.05, 4.69) is 10.4 Å². The maximum absolute atomic E-state index is 5.60. The first kappa shape index (κ1) is 12.1. The molecule has 0 aliphatic carbocycles. The highest BCUT2D eigenvalue weighted by Crippen LogP contribution is 2.18. The van der Waals surface area contributed by atoms with Crippen LogP contribution in [-0.4, -0.2) is 17.6 Å². The van der Waals surface area contributed by atoms with Gasteiger partial charge in [0.2, 0.25) is 0 Å². The molecule has 0 spiro atoms. The van der Waals surface area contributed by atoms with Gasteiger partial charge >= 0.3 is 0 Å². The maximum atomic E-state index is 5.60. The third kappa shape index (κ3) is 3.54. The molecule has 1 unspecified atom stereocenters. The Hall–Kier alpha value is -1.39. The Morgan fingerprint density at radius 2 is 2.41 bits per heavy atom. The highest BCUT2D eigenvalue weighted by molar-refractivity contribution is 5.11. The molecule has 0 aromatic carbocycles. The largest absolute Gasteiger partial charge is 0.501 e. The van der Waals surface area contributed by atoms with Crippen molar-refractivity contribution in [2.45, 2.75) is 31.7 Å². The average molecular weight is 233 g/mol. The number of hydrazine groups is 1. The smallest absolute Gasteiger partial charge is 0.0876 e. The van der Waals surface area contributed by atoms with E-state index in [1.165, 1.54) is 5.57 Å². The molecule has 1 aromatic heterocycles. The second-order valence-electron chi connectivity index (χ2n) is 4.25. The molecular formula is C13H19N3O. The maximum Gasteiger partial charge on any atom is 0.0876 e. The van der Waals surface area contributed by atoms with E-state index in [-0.39, 0.29) is 6.04 Å². The minimum Gasteiger partial charge on any atom is -0.501 e. The number of aromatic nitrogens is 1. The monoisotopic (exact) mass is 233 g/mol. The van der Waals surface area contributed by atoms with Gasteiger partial charge < -0.3 is 4.74 Å². The van der Waals surface area contributed by atoms with Gasteiger partial charge in [-0.2, -0.15) is 0 Å². The number of hydrogen-bond donors (Lipinski definition) is 2. The van der Waals surface area contributed by atoms with Crippen LogP contribution in [0.5, 0.6) is 0 Å². The lowest BCUT2D eigenvalue weighted by atomic mass is 9.98. The number of nitrogens with one attached hydrogen (secondary N) is 1. The summed E-state index contributed by atoms with van der Waals surface area (Å²) in [5, 5.41) is 0. The topological polar surface area (TPSA) is 60.2 Å². The van der Waals surface area contributed by atoms with Crippen molar-refractivity contribution >= 4 is 0 Å². The van der Waals surface area contributed by atoms with Crippen molar-refractivity contribution in [3.63, 3.8) is 0 Å². The summed E-state index contributed by atoms with van der Waals surface area (Å²) in [6.45, 7) is 0.820. The highest BCUT2D eigenvalue weighted by Gasteiger charge is 2.15. The molecule has 92 valence electrons. The van der Waals surface area contributed by atoms with Gasteiger partial charge in [0.1, 0.15) is 0 Å². The van der Waals surface area contributed by atoms with Crippen molar-refractivity contribution < 1.29 is 4.74 Å². The summed E-state index contributed by atoms with van der Waals surface area (Å²) in [4.78, 5) is 4.31. The van der Waals surface area contributed by atoms with Gasteiger partial charge in [-0.3, -0.25) is 16.3 Å². The van der Waals surface area contributed by atoms with E-state index in [0.29, 0.717) is 0 Å². The van der Waals surface area contributed by atoms with Crippen LogP contribution in [0.25, 0.3) is 0 Å². The fraction of sp³-hybridized carbons (Fsp3) is 0.462. The van der Waals surface area contributed by atoms with Crippen LogP contribution in [-0.2, 0) is 11.2 Å². The summed E-state index contributed by atoms with van der Waals surface area (Å²) in [6.07, 6.45) is 7.69. The molecule has 2 heterocycles. The van der Waals surface area contributed by atoms with Gasteiger partial charge in [-0.05, 0) is 43.4 Å². The van der Waals surface area contributed by atoms with Gasteiger partial charge in [-0.1, -0.05) is 6.07 Å². The zero-order valence-electron chi connectivity index (χ0n) is 9.93. The summed E-state index contributed by atoms with van der Waals surface area (Å²) in [7, 11) is 0. The van der Waals surface area contributed by atoms with Crippen LogP contribution < -0.4 is 11.3 Å². The van der Waals surface area contributed by atoms with Crippen molar-refractivity contribution in [3.8, 4) is 0 Å². The van der Waals surface area contributed by atoms with Gasteiger partial charge in [0.15, 0.2) is 0 Å². The number of ether oxygens (including phenoxy) is 1.